The second kappa shape index (κ2) is 10.6. The Balaban J connectivity index is 1.61. The summed E-state index contributed by atoms with van der Waals surface area (Å²) in [6.07, 6.45) is 3.89. The van der Waals surface area contributed by atoms with Crippen LogP contribution in [0.5, 0.6) is 0 Å². The zero-order chi connectivity index (χ0) is 26.1. The van der Waals surface area contributed by atoms with Crippen molar-refractivity contribution in [3.8, 4) is 11.3 Å². The van der Waals surface area contributed by atoms with Gasteiger partial charge in [0, 0.05) is 20.8 Å². The number of para-hydroxylation sites is 1. The lowest BCUT2D eigenvalue weighted by molar-refractivity contribution is 0.0526. The highest BCUT2D eigenvalue weighted by Crippen LogP contribution is 2.41. The number of fused-ring (bicyclic) bond motifs is 2. The monoisotopic (exact) mass is 532 g/mol. The van der Waals surface area contributed by atoms with Crippen molar-refractivity contribution in [3.63, 3.8) is 0 Å². The van der Waals surface area contributed by atoms with Crippen LogP contribution in [0, 0.1) is 12.8 Å². The Morgan fingerprint density at radius 1 is 1.14 bits per heavy atom. The van der Waals surface area contributed by atoms with Crippen LogP contribution in [-0.2, 0) is 17.6 Å². The molecule has 5 nitrogen and oxygen atoms in total. The number of nitrogens with zero attached hydrogens (tertiary/aromatic N) is 1. The molecule has 0 unspecified atom stereocenters. The zero-order valence-electron chi connectivity index (χ0n) is 21.2. The number of esters is 1. The minimum absolute atomic E-state index is 0.268. The number of pyridine rings is 1. The second-order valence-corrected chi connectivity index (χ2v) is 10.9. The van der Waals surface area contributed by atoms with Gasteiger partial charge in [-0.2, -0.15) is 0 Å². The maximum absolute atomic E-state index is 14.0. The summed E-state index contributed by atoms with van der Waals surface area (Å²) in [5, 5.41) is 5.03. The van der Waals surface area contributed by atoms with E-state index in [-0.39, 0.29) is 18.5 Å². The highest BCUT2D eigenvalue weighted by molar-refractivity contribution is 7.17. The van der Waals surface area contributed by atoms with Crippen molar-refractivity contribution in [3.05, 3.63) is 80.7 Å². The molecular weight excluding hydrogens is 504 g/mol. The first-order chi connectivity index (χ1) is 17.9. The summed E-state index contributed by atoms with van der Waals surface area (Å²) in [4.78, 5) is 33.0. The number of carbonyl (C=O) groups excluding carboxylic acids is 2. The van der Waals surface area contributed by atoms with Crippen LogP contribution in [0.3, 0.4) is 0 Å². The zero-order valence-corrected chi connectivity index (χ0v) is 22.8. The van der Waals surface area contributed by atoms with Crippen LogP contribution in [0.1, 0.15) is 63.4 Å². The van der Waals surface area contributed by atoms with E-state index < -0.39 is 0 Å². The molecule has 37 heavy (non-hydrogen) atoms. The lowest BCUT2D eigenvalue weighted by Crippen LogP contribution is -2.18. The average Bonchev–Trinajstić information content (AvgIpc) is 3.25. The number of benzene rings is 2. The molecule has 0 bridgehead atoms. The molecular formula is C30H29ClN2O3S. The first-order valence-electron chi connectivity index (χ1n) is 12.7. The van der Waals surface area contributed by atoms with Gasteiger partial charge in [0.2, 0.25) is 0 Å². The Kier molecular flexibility index (Phi) is 7.31. The van der Waals surface area contributed by atoms with Crippen LogP contribution >= 0.6 is 22.9 Å². The first-order valence-corrected chi connectivity index (χ1v) is 13.9. The van der Waals surface area contributed by atoms with Gasteiger partial charge in [-0.15, -0.1) is 11.3 Å². The number of anilines is 1. The van der Waals surface area contributed by atoms with Gasteiger partial charge >= 0.3 is 5.97 Å². The van der Waals surface area contributed by atoms with E-state index in [2.05, 4.69) is 12.2 Å². The average molecular weight is 533 g/mol. The van der Waals surface area contributed by atoms with Gasteiger partial charge in [0.05, 0.1) is 28.9 Å². The van der Waals surface area contributed by atoms with Crippen molar-refractivity contribution in [2.45, 2.75) is 46.5 Å². The van der Waals surface area contributed by atoms with E-state index in [9.17, 15) is 9.59 Å². The summed E-state index contributed by atoms with van der Waals surface area (Å²) >= 11 is 7.77. The van der Waals surface area contributed by atoms with Crippen LogP contribution in [0.4, 0.5) is 5.00 Å². The fourth-order valence-electron chi connectivity index (χ4n) is 5.19. The lowest BCUT2D eigenvalue weighted by atomic mass is 9.85. The second-order valence-electron chi connectivity index (χ2n) is 9.39. The van der Waals surface area contributed by atoms with Gasteiger partial charge < -0.3 is 10.1 Å². The van der Waals surface area contributed by atoms with Crippen molar-refractivity contribution in [1.29, 1.82) is 0 Å². The van der Waals surface area contributed by atoms with E-state index in [1.165, 1.54) is 16.2 Å². The number of halogens is 1. The summed E-state index contributed by atoms with van der Waals surface area (Å²) in [6, 6.07) is 15.1. The fraction of sp³-hybridized carbons (Fsp3) is 0.300. The van der Waals surface area contributed by atoms with Crippen LogP contribution in [0.25, 0.3) is 22.2 Å². The Labute approximate surface area is 225 Å². The number of thiophene rings is 1. The SMILES string of the molecule is CCOC(=O)c1c(NC(=O)c2c(C)c(-c3cccc(Cl)c3)nc3ccccc23)sc2c1CC[C@H](CC)C2. The molecule has 1 N–H and O–H groups in total. The van der Waals surface area contributed by atoms with Crippen molar-refractivity contribution < 1.29 is 14.3 Å². The summed E-state index contributed by atoms with van der Waals surface area (Å²) < 4.78 is 5.41. The Bertz CT molecular complexity index is 1510. The number of hydrogen-bond donors (Lipinski definition) is 1. The molecule has 2 heterocycles. The van der Waals surface area contributed by atoms with Gasteiger partial charge in [-0.25, -0.2) is 9.78 Å². The number of ether oxygens (including phenoxy) is 1. The quantitative estimate of drug-likeness (QED) is 0.256. The molecule has 2 aromatic heterocycles. The molecule has 190 valence electrons. The van der Waals surface area contributed by atoms with Crippen molar-refractivity contribution in [1.82, 2.24) is 4.98 Å². The summed E-state index contributed by atoms with van der Waals surface area (Å²) in [5.41, 5.74) is 5.09. The highest BCUT2D eigenvalue weighted by Gasteiger charge is 2.30. The third-order valence-corrected chi connectivity index (χ3v) is 8.52. The van der Waals surface area contributed by atoms with Gasteiger partial charge in [0.15, 0.2) is 0 Å². The van der Waals surface area contributed by atoms with Gasteiger partial charge in [-0.1, -0.05) is 55.3 Å². The predicted octanol–water partition coefficient (Wildman–Crippen LogP) is 7.87. The number of hydrogen-bond acceptors (Lipinski definition) is 5. The molecule has 1 aliphatic rings. The molecule has 1 amide bonds. The Morgan fingerprint density at radius 3 is 2.70 bits per heavy atom. The smallest absolute Gasteiger partial charge is 0.341 e. The van der Waals surface area contributed by atoms with Crippen LogP contribution in [0.15, 0.2) is 48.5 Å². The fourth-order valence-corrected chi connectivity index (χ4v) is 6.73. The van der Waals surface area contributed by atoms with E-state index in [1.54, 1.807) is 6.92 Å². The summed E-state index contributed by atoms with van der Waals surface area (Å²) in [5.74, 6) is -0.0480. The largest absolute Gasteiger partial charge is 0.462 e. The van der Waals surface area contributed by atoms with E-state index >= 15 is 0 Å². The molecule has 5 rings (SSSR count). The normalized spacial score (nSPS) is 14.9. The molecule has 0 fully saturated rings. The standard InChI is InChI=1S/C30H29ClN2O3S/c1-4-18-13-14-22-24(15-18)37-29(26(22)30(35)36-5-2)33-28(34)25-17(3)27(19-9-8-10-20(31)16-19)32-23-12-7-6-11-21(23)25/h6-12,16,18H,4-5,13-15H2,1-3H3,(H,33,34)/t18-/m0/s1. The molecule has 7 heteroatoms. The molecule has 0 spiro atoms. The molecule has 4 aromatic rings. The number of carbonyl (C=O) groups is 2. The van der Waals surface area contributed by atoms with Gasteiger partial charge in [0.25, 0.3) is 5.91 Å². The van der Waals surface area contributed by atoms with Crippen molar-refractivity contribution in [2.75, 3.05) is 11.9 Å². The third-order valence-electron chi connectivity index (χ3n) is 7.11. The number of amides is 1. The minimum atomic E-state index is -0.374. The Morgan fingerprint density at radius 2 is 1.95 bits per heavy atom. The first kappa shape index (κ1) is 25.4. The Hall–Kier alpha value is -3.22. The van der Waals surface area contributed by atoms with Crippen LogP contribution < -0.4 is 5.32 Å². The minimum Gasteiger partial charge on any atom is -0.462 e. The molecule has 1 atom stereocenters. The molecule has 0 saturated carbocycles. The maximum Gasteiger partial charge on any atom is 0.341 e. The van der Waals surface area contributed by atoms with E-state index in [0.29, 0.717) is 32.8 Å². The van der Waals surface area contributed by atoms with E-state index in [1.807, 2.05) is 55.5 Å². The third kappa shape index (κ3) is 4.88. The summed E-state index contributed by atoms with van der Waals surface area (Å²) in [7, 11) is 0. The molecule has 2 aromatic carbocycles. The topological polar surface area (TPSA) is 68.3 Å². The molecule has 0 saturated heterocycles. The number of rotatable bonds is 6. The van der Waals surface area contributed by atoms with E-state index in [0.717, 1.165) is 53.3 Å². The van der Waals surface area contributed by atoms with E-state index in [4.69, 9.17) is 21.3 Å². The van der Waals surface area contributed by atoms with Gasteiger partial charge in [-0.05, 0) is 68.4 Å². The predicted molar refractivity (Wildman–Crippen MR) is 151 cm³/mol. The lowest BCUT2D eigenvalue weighted by Gasteiger charge is -2.21. The van der Waals surface area contributed by atoms with Crippen molar-refractivity contribution in [2.24, 2.45) is 5.92 Å². The molecule has 0 radical (unpaired) electrons. The van der Waals surface area contributed by atoms with Crippen molar-refractivity contribution >= 4 is 50.7 Å². The van der Waals surface area contributed by atoms with Gasteiger partial charge in [0.1, 0.15) is 5.00 Å². The van der Waals surface area contributed by atoms with Crippen LogP contribution in [0.2, 0.25) is 5.02 Å². The summed E-state index contributed by atoms with van der Waals surface area (Å²) in [6.45, 7) is 6.19. The number of nitrogens with one attached hydrogen (secondary N) is 1. The highest BCUT2D eigenvalue weighted by atomic mass is 35.5. The molecule has 0 aliphatic heterocycles. The van der Waals surface area contributed by atoms with Gasteiger partial charge in [-0.3, -0.25) is 4.79 Å². The molecule has 1 aliphatic carbocycles. The van der Waals surface area contributed by atoms with Crippen LogP contribution in [-0.4, -0.2) is 23.5 Å². The number of aromatic nitrogens is 1. The maximum atomic E-state index is 14.0.